The van der Waals surface area contributed by atoms with Crippen molar-refractivity contribution in [3.05, 3.63) is 24.1 Å². The van der Waals surface area contributed by atoms with Crippen LogP contribution >= 0.6 is 12.2 Å². The van der Waals surface area contributed by atoms with Gasteiger partial charge in [0.1, 0.15) is 11.6 Å². The van der Waals surface area contributed by atoms with Gasteiger partial charge in [0.15, 0.2) is 4.99 Å². The lowest BCUT2D eigenvalue weighted by Gasteiger charge is -2.37. The summed E-state index contributed by atoms with van der Waals surface area (Å²) in [7, 11) is 3.30. The summed E-state index contributed by atoms with van der Waals surface area (Å²) in [4.78, 5) is 40.6. The predicted molar refractivity (Wildman–Crippen MR) is 103 cm³/mol. The topological polar surface area (TPSA) is 124 Å². The van der Waals surface area contributed by atoms with Gasteiger partial charge >= 0.3 is 6.09 Å². The summed E-state index contributed by atoms with van der Waals surface area (Å²) < 4.78 is 12.9. The lowest BCUT2D eigenvalue weighted by Crippen LogP contribution is -2.56. The van der Waals surface area contributed by atoms with E-state index in [1.54, 1.807) is 14.1 Å². The molecule has 0 radical (unpaired) electrons. The molecule has 1 heterocycles. The number of hydrogen-bond donors (Lipinski definition) is 4. The second-order valence-corrected chi connectivity index (χ2v) is 7.10. The van der Waals surface area contributed by atoms with Crippen LogP contribution in [-0.4, -0.2) is 64.1 Å². The molecule has 1 aromatic rings. The van der Waals surface area contributed by atoms with Gasteiger partial charge in [-0.25, -0.2) is 14.2 Å². The average molecular weight is 411 g/mol. The van der Waals surface area contributed by atoms with Gasteiger partial charge in [0.05, 0.1) is 12.2 Å². The number of carbonyl (C=O) groups is 3. The number of anilines is 1. The summed E-state index contributed by atoms with van der Waals surface area (Å²) >= 11 is 5.10. The molecule has 0 saturated heterocycles. The molecular formula is C17H22FN5O4S. The van der Waals surface area contributed by atoms with E-state index in [0.29, 0.717) is 19.3 Å². The largest absolute Gasteiger partial charge is 0.465 e. The maximum absolute atomic E-state index is 12.9. The molecule has 1 aromatic heterocycles. The Morgan fingerprint density at radius 1 is 1.21 bits per heavy atom. The molecule has 11 heteroatoms. The van der Waals surface area contributed by atoms with Crippen molar-refractivity contribution in [1.82, 2.24) is 20.5 Å². The van der Waals surface area contributed by atoms with Crippen LogP contribution in [0.4, 0.5) is 15.0 Å². The van der Waals surface area contributed by atoms with Crippen LogP contribution in [0, 0.1) is 11.7 Å². The van der Waals surface area contributed by atoms with Crippen LogP contribution in [0.2, 0.25) is 0 Å². The highest BCUT2D eigenvalue weighted by atomic mass is 32.1. The van der Waals surface area contributed by atoms with Crippen molar-refractivity contribution in [2.24, 2.45) is 5.92 Å². The van der Waals surface area contributed by atoms with Gasteiger partial charge in [0, 0.05) is 26.1 Å². The monoisotopic (exact) mass is 411 g/mol. The Morgan fingerprint density at radius 3 is 2.50 bits per heavy atom. The summed E-state index contributed by atoms with van der Waals surface area (Å²) in [6.07, 6.45) is 1.03. The number of pyridine rings is 1. The molecule has 1 saturated carbocycles. The molecular weight excluding hydrogens is 389 g/mol. The lowest BCUT2D eigenvalue weighted by molar-refractivity contribution is -0.134. The average Bonchev–Trinajstić information content (AvgIpc) is 2.63. The quantitative estimate of drug-likeness (QED) is 0.544. The molecule has 0 bridgehead atoms. The van der Waals surface area contributed by atoms with E-state index in [1.165, 1.54) is 11.0 Å². The summed E-state index contributed by atoms with van der Waals surface area (Å²) in [5, 5.41) is 16.8. The van der Waals surface area contributed by atoms with Crippen molar-refractivity contribution >= 4 is 40.9 Å². The van der Waals surface area contributed by atoms with Crippen LogP contribution in [0.5, 0.6) is 0 Å². The molecule has 152 valence electrons. The molecule has 3 atom stereocenters. The molecule has 2 rings (SSSR count). The Morgan fingerprint density at radius 2 is 1.93 bits per heavy atom. The molecule has 0 unspecified atom stereocenters. The Bertz CT molecular complexity index is 758. The third-order valence-corrected chi connectivity index (χ3v) is 4.74. The van der Waals surface area contributed by atoms with Crippen LogP contribution in [0.1, 0.15) is 19.3 Å². The van der Waals surface area contributed by atoms with Gasteiger partial charge in [0.25, 0.3) is 5.91 Å². The number of carbonyl (C=O) groups excluding carboxylic acids is 2. The third kappa shape index (κ3) is 5.84. The van der Waals surface area contributed by atoms with E-state index in [-0.39, 0.29) is 22.6 Å². The van der Waals surface area contributed by atoms with Gasteiger partial charge in [-0.2, -0.15) is 0 Å². The first-order chi connectivity index (χ1) is 13.2. The van der Waals surface area contributed by atoms with Gasteiger partial charge in [-0.1, -0.05) is 12.2 Å². The van der Waals surface area contributed by atoms with Gasteiger partial charge in [-0.3, -0.25) is 9.59 Å². The Hall–Kier alpha value is -2.82. The molecule has 1 aliphatic rings. The van der Waals surface area contributed by atoms with Crippen molar-refractivity contribution in [3.63, 3.8) is 0 Å². The third-order valence-electron chi connectivity index (χ3n) is 4.44. The minimum absolute atomic E-state index is 0.0710. The summed E-state index contributed by atoms with van der Waals surface area (Å²) in [6.45, 7) is 0. The molecule has 0 spiro atoms. The molecule has 28 heavy (non-hydrogen) atoms. The normalized spacial score (nSPS) is 21.3. The van der Waals surface area contributed by atoms with E-state index in [2.05, 4.69) is 20.9 Å². The van der Waals surface area contributed by atoms with E-state index in [1.807, 2.05) is 0 Å². The van der Waals surface area contributed by atoms with Crippen LogP contribution < -0.4 is 16.0 Å². The van der Waals surface area contributed by atoms with E-state index in [4.69, 9.17) is 17.3 Å². The number of rotatable bonds is 4. The maximum Gasteiger partial charge on any atom is 0.404 e. The van der Waals surface area contributed by atoms with E-state index in [9.17, 15) is 18.8 Å². The smallest absolute Gasteiger partial charge is 0.404 e. The van der Waals surface area contributed by atoms with Crippen LogP contribution in [0.25, 0.3) is 0 Å². The summed E-state index contributed by atoms with van der Waals surface area (Å²) in [5.74, 6) is -1.43. The molecule has 1 fully saturated rings. The van der Waals surface area contributed by atoms with Crippen LogP contribution in [0.15, 0.2) is 18.3 Å². The Balaban J connectivity index is 2.00. The Kier molecular flexibility index (Phi) is 7.21. The van der Waals surface area contributed by atoms with Crippen molar-refractivity contribution in [2.75, 3.05) is 19.4 Å². The maximum atomic E-state index is 12.9. The first kappa shape index (κ1) is 21.5. The number of amides is 3. The number of hydrogen-bond acceptors (Lipinski definition) is 5. The molecule has 9 nitrogen and oxygen atoms in total. The van der Waals surface area contributed by atoms with E-state index >= 15 is 0 Å². The predicted octanol–water partition coefficient (Wildman–Crippen LogP) is 0.969. The fourth-order valence-electron chi connectivity index (χ4n) is 3.11. The van der Waals surface area contributed by atoms with E-state index in [0.717, 1.165) is 12.3 Å². The number of carboxylic acid groups (broad SMARTS) is 1. The lowest BCUT2D eigenvalue weighted by atomic mass is 9.81. The zero-order chi connectivity index (χ0) is 20.8. The number of nitrogens with zero attached hydrogens (tertiary/aromatic N) is 2. The first-order valence-electron chi connectivity index (χ1n) is 8.61. The van der Waals surface area contributed by atoms with Crippen LogP contribution in [-0.2, 0) is 9.59 Å². The molecule has 0 aromatic carbocycles. The van der Waals surface area contributed by atoms with Crippen molar-refractivity contribution in [2.45, 2.75) is 31.3 Å². The minimum Gasteiger partial charge on any atom is -0.465 e. The number of thiocarbonyl (C=S) groups is 1. The standard InChI is InChI=1S/C17H22FN5O4S/c1-23(2)16(25)9-3-5-11(12(7-9)21-17(26)27)20-15(28)14(24)22-13-6-4-10(18)8-19-13/h4,6,8-9,11-12,21H,3,5,7H2,1-2H3,(H,20,28)(H,26,27)(H,19,22,24)/t9-,11-,12+/m0/s1. The van der Waals surface area contributed by atoms with Gasteiger partial charge < -0.3 is 26.0 Å². The fraction of sp³-hybridized carbons (Fsp3) is 0.471. The van der Waals surface area contributed by atoms with Gasteiger partial charge in [-0.05, 0) is 31.4 Å². The molecule has 0 aliphatic heterocycles. The zero-order valence-corrected chi connectivity index (χ0v) is 16.3. The van der Waals surface area contributed by atoms with E-state index < -0.39 is 29.9 Å². The van der Waals surface area contributed by atoms with Gasteiger partial charge in [-0.15, -0.1) is 0 Å². The number of aromatic nitrogens is 1. The highest BCUT2D eigenvalue weighted by Crippen LogP contribution is 2.26. The zero-order valence-electron chi connectivity index (χ0n) is 15.4. The number of halogens is 1. The minimum atomic E-state index is -1.22. The molecule has 1 aliphatic carbocycles. The van der Waals surface area contributed by atoms with Gasteiger partial charge in [0.2, 0.25) is 5.91 Å². The highest BCUT2D eigenvalue weighted by molar-refractivity contribution is 7.82. The van der Waals surface area contributed by atoms with Crippen molar-refractivity contribution in [3.8, 4) is 0 Å². The summed E-state index contributed by atoms with van der Waals surface area (Å²) in [5.41, 5.74) is 0. The summed E-state index contributed by atoms with van der Waals surface area (Å²) in [6, 6.07) is 1.41. The highest BCUT2D eigenvalue weighted by Gasteiger charge is 2.36. The fourth-order valence-corrected chi connectivity index (χ4v) is 3.31. The second-order valence-electron chi connectivity index (χ2n) is 6.69. The Labute approximate surface area is 166 Å². The SMILES string of the molecule is CN(C)C(=O)[C@H]1CC[C@H](NC(=S)C(=O)Nc2ccc(F)cn2)[C@H](NC(=O)O)C1. The van der Waals surface area contributed by atoms with Crippen LogP contribution in [0.3, 0.4) is 0 Å². The number of nitrogens with one attached hydrogen (secondary N) is 3. The second kappa shape index (κ2) is 9.40. The first-order valence-corrected chi connectivity index (χ1v) is 9.02. The molecule has 4 N–H and O–H groups in total. The molecule has 3 amide bonds. The van der Waals surface area contributed by atoms with Crippen molar-refractivity contribution in [1.29, 1.82) is 0 Å². The van der Waals surface area contributed by atoms with Crippen molar-refractivity contribution < 1.29 is 23.9 Å².